The fourth-order valence-corrected chi connectivity index (χ4v) is 5.16. The molecule has 1 N–H and O–H groups in total. The standard InChI is InChI=1S/C24H21N5O4S/c1-14-6-5-7-15(10-14)29-21-18(12-25-29)22(31)28-16(13-34-24(28)27-21)11-20(30)26-19-9-4-3-8-17(19)23(32)33-2/h3-10,12,16H,11,13H2,1-2H3,(H,26,30). The fourth-order valence-electron chi connectivity index (χ4n) is 4.02. The molecule has 5 rings (SSSR count). The van der Waals surface area contributed by atoms with Gasteiger partial charge in [0.15, 0.2) is 10.8 Å². The Kier molecular flexibility index (Phi) is 5.66. The number of aromatic nitrogens is 4. The molecular formula is C24H21N5O4S. The van der Waals surface area contributed by atoms with Gasteiger partial charge in [-0.3, -0.25) is 14.2 Å². The molecule has 0 fully saturated rings. The number of esters is 1. The molecule has 10 heteroatoms. The molecule has 0 bridgehead atoms. The van der Waals surface area contributed by atoms with Crippen molar-refractivity contribution in [1.29, 1.82) is 0 Å². The van der Waals surface area contributed by atoms with Crippen LogP contribution in [-0.2, 0) is 9.53 Å². The minimum atomic E-state index is -0.536. The van der Waals surface area contributed by atoms with Gasteiger partial charge in [-0.25, -0.2) is 14.5 Å². The maximum absolute atomic E-state index is 13.3. The van der Waals surface area contributed by atoms with Crippen molar-refractivity contribution in [2.75, 3.05) is 18.2 Å². The van der Waals surface area contributed by atoms with E-state index in [0.717, 1.165) is 11.3 Å². The molecule has 4 aromatic rings. The Morgan fingerprint density at radius 2 is 2.03 bits per heavy atom. The van der Waals surface area contributed by atoms with Gasteiger partial charge in [-0.1, -0.05) is 36.0 Å². The lowest BCUT2D eigenvalue weighted by atomic mass is 10.1. The van der Waals surface area contributed by atoms with Crippen LogP contribution in [-0.4, -0.2) is 44.1 Å². The maximum atomic E-state index is 13.3. The molecule has 0 saturated heterocycles. The number of amides is 1. The average Bonchev–Trinajstić information content (AvgIpc) is 3.44. The van der Waals surface area contributed by atoms with Crippen molar-refractivity contribution in [3.05, 3.63) is 76.2 Å². The number of hydrogen-bond acceptors (Lipinski definition) is 7. The average molecular weight is 476 g/mol. The zero-order valence-electron chi connectivity index (χ0n) is 18.5. The van der Waals surface area contributed by atoms with Crippen molar-refractivity contribution in [3.63, 3.8) is 0 Å². The number of methoxy groups -OCH3 is 1. The highest BCUT2D eigenvalue weighted by Gasteiger charge is 2.30. The summed E-state index contributed by atoms with van der Waals surface area (Å²) in [5, 5.41) is 8.12. The predicted octanol–water partition coefficient (Wildman–Crippen LogP) is 3.35. The van der Waals surface area contributed by atoms with E-state index in [-0.39, 0.29) is 29.5 Å². The zero-order chi connectivity index (χ0) is 23.8. The number of anilines is 1. The second kappa shape index (κ2) is 8.79. The number of benzene rings is 2. The molecule has 1 unspecified atom stereocenters. The number of rotatable bonds is 5. The number of nitrogens with one attached hydrogen (secondary N) is 1. The molecule has 3 heterocycles. The molecule has 0 saturated carbocycles. The number of para-hydroxylation sites is 1. The largest absolute Gasteiger partial charge is 0.465 e. The highest BCUT2D eigenvalue weighted by molar-refractivity contribution is 7.99. The molecule has 1 amide bonds. The Hall–Kier alpha value is -3.92. The first-order valence-electron chi connectivity index (χ1n) is 10.6. The van der Waals surface area contributed by atoms with Crippen LogP contribution in [0.1, 0.15) is 28.4 Å². The van der Waals surface area contributed by atoms with Crippen LogP contribution in [0.4, 0.5) is 5.69 Å². The number of ether oxygens (including phenoxy) is 1. The molecule has 2 aromatic heterocycles. The van der Waals surface area contributed by atoms with Crippen LogP contribution >= 0.6 is 11.8 Å². The normalized spacial score (nSPS) is 14.7. The van der Waals surface area contributed by atoms with Gasteiger partial charge in [0.25, 0.3) is 5.56 Å². The van der Waals surface area contributed by atoms with Crippen LogP contribution in [0.15, 0.2) is 64.7 Å². The molecule has 0 radical (unpaired) electrons. The summed E-state index contributed by atoms with van der Waals surface area (Å²) in [6.07, 6.45) is 1.58. The van der Waals surface area contributed by atoms with Crippen LogP contribution in [0.3, 0.4) is 0 Å². The predicted molar refractivity (Wildman–Crippen MR) is 129 cm³/mol. The van der Waals surface area contributed by atoms with Gasteiger partial charge in [0, 0.05) is 12.2 Å². The maximum Gasteiger partial charge on any atom is 0.339 e. The molecule has 1 atom stereocenters. The van der Waals surface area contributed by atoms with E-state index < -0.39 is 5.97 Å². The first-order chi connectivity index (χ1) is 16.5. The quantitative estimate of drug-likeness (QED) is 0.348. The van der Waals surface area contributed by atoms with Crippen molar-refractivity contribution in [1.82, 2.24) is 19.3 Å². The van der Waals surface area contributed by atoms with Crippen molar-refractivity contribution in [3.8, 4) is 5.69 Å². The van der Waals surface area contributed by atoms with E-state index in [1.807, 2.05) is 31.2 Å². The topological polar surface area (TPSA) is 108 Å². The lowest BCUT2D eigenvalue weighted by Gasteiger charge is -2.14. The fraction of sp³-hybridized carbons (Fsp3) is 0.208. The van der Waals surface area contributed by atoms with E-state index in [4.69, 9.17) is 9.72 Å². The first kappa shape index (κ1) is 21.9. The Labute approximate surface area is 198 Å². The zero-order valence-corrected chi connectivity index (χ0v) is 19.3. The van der Waals surface area contributed by atoms with Gasteiger partial charge in [0.05, 0.1) is 36.3 Å². The highest BCUT2D eigenvalue weighted by Crippen LogP contribution is 2.33. The number of hydrogen-bond donors (Lipinski definition) is 1. The Bertz CT molecular complexity index is 1490. The lowest BCUT2D eigenvalue weighted by molar-refractivity contribution is -0.116. The SMILES string of the molecule is COC(=O)c1ccccc1NC(=O)CC1CSc2nc3c(cnn3-c3cccc(C)c3)c(=O)n21. The summed E-state index contributed by atoms with van der Waals surface area (Å²) >= 11 is 1.43. The van der Waals surface area contributed by atoms with Crippen molar-refractivity contribution < 1.29 is 14.3 Å². The van der Waals surface area contributed by atoms with Gasteiger partial charge >= 0.3 is 5.97 Å². The van der Waals surface area contributed by atoms with Crippen LogP contribution in [0.2, 0.25) is 0 Å². The molecule has 1 aliphatic rings. The monoisotopic (exact) mass is 475 g/mol. The summed E-state index contributed by atoms with van der Waals surface area (Å²) in [4.78, 5) is 42.8. The van der Waals surface area contributed by atoms with E-state index in [1.54, 1.807) is 33.5 Å². The summed E-state index contributed by atoms with van der Waals surface area (Å²) < 4.78 is 8.01. The van der Waals surface area contributed by atoms with Crippen molar-refractivity contribution >= 4 is 40.4 Å². The summed E-state index contributed by atoms with van der Waals surface area (Å²) in [7, 11) is 1.29. The summed E-state index contributed by atoms with van der Waals surface area (Å²) in [5.74, 6) is -0.304. The second-order valence-electron chi connectivity index (χ2n) is 7.96. The van der Waals surface area contributed by atoms with E-state index in [1.165, 1.54) is 25.1 Å². The van der Waals surface area contributed by atoms with Gasteiger partial charge < -0.3 is 10.1 Å². The minimum absolute atomic E-state index is 0.0641. The van der Waals surface area contributed by atoms with Gasteiger partial charge in [0.2, 0.25) is 5.91 Å². The van der Waals surface area contributed by atoms with Gasteiger partial charge in [-0.15, -0.1) is 0 Å². The third kappa shape index (κ3) is 3.86. The number of aryl methyl sites for hydroxylation is 1. The molecule has 0 spiro atoms. The third-order valence-corrected chi connectivity index (χ3v) is 6.74. The van der Waals surface area contributed by atoms with Crippen molar-refractivity contribution in [2.24, 2.45) is 0 Å². The number of thioether (sulfide) groups is 1. The highest BCUT2D eigenvalue weighted by atomic mass is 32.2. The molecule has 0 aliphatic carbocycles. The molecule has 172 valence electrons. The van der Waals surface area contributed by atoms with Crippen molar-refractivity contribution in [2.45, 2.75) is 24.5 Å². The van der Waals surface area contributed by atoms with E-state index in [2.05, 4.69) is 10.4 Å². The smallest absolute Gasteiger partial charge is 0.339 e. The van der Waals surface area contributed by atoms with Gasteiger partial charge in [0.1, 0.15) is 5.39 Å². The molecule has 1 aliphatic heterocycles. The van der Waals surface area contributed by atoms with E-state index in [9.17, 15) is 14.4 Å². The van der Waals surface area contributed by atoms with E-state index >= 15 is 0 Å². The number of carbonyl (C=O) groups excluding carboxylic acids is 2. The summed E-state index contributed by atoms with van der Waals surface area (Å²) in [5.41, 5.74) is 2.81. The Morgan fingerprint density at radius 3 is 2.82 bits per heavy atom. The van der Waals surface area contributed by atoms with Crippen LogP contribution in [0, 0.1) is 6.92 Å². The Morgan fingerprint density at radius 1 is 1.21 bits per heavy atom. The first-order valence-corrected chi connectivity index (χ1v) is 11.6. The summed E-state index contributed by atoms with van der Waals surface area (Å²) in [6, 6.07) is 14.1. The Balaban J connectivity index is 1.43. The number of nitrogens with zero attached hydrogens (tertiary/aromatic N) is 4. The van der Waals surface area contributed by atoms with Gasteiger partial charge in [-0.05, 0) is 36.8 Å². The van der Waals surface area contributed by atoms with Crippen LogP contribution < -0.4 is 10.9 Å². The van der Waals surface area contributed by atoms with Crippen LogP contribution in [0.25, 0.3) is 16.7 Å². The lowest BCUT2D eigenvalue weighted by Crippen LogP contribution is -2.28. The summed E-state index contributed by atoms with van der Waals surface area (Å²) in [6.45, 7) is 1.99. The van der Waals surface area contributed by atoms with Gasteiger partial charge in [-0.2, -0.15) is 5.10 Å². The van der Waals surface area contributed by atoms with Crippen LogP contribution in [0.5, 0.6) is 0 Å². The second-order valence-corrected chi connectivity index (χ2v) is 8.94. The van der Waals surface area contributed by atoms with E-state index in [0.29, 0.717) is 27.6 Å². The third-order valence-electron chi connectivity index (χ3n) is 5.64. The minimum Gasteiger partial charge on any atom is -0.465 e. The molecule has 34 heavy (non-hydrogen) atoms. The molecular weight excluding hydrogens is 454 g/mol. The molecule has 2 aromatic carbocycles. The number of carbonyl (C=O) groups is 2. The molecule has 9 nitrogen and oxygen atoms in total. The number of fused-ring (bicyclic) bond motifs is 2.